The van der Waals surface area contributed by atoms with Gasteiger partial charge in [0.2, 0.25) is 0 Å². The Hall–Kier alpha value is -0.930. The molecule has 1 aliphatic heterocycles. The molecular formula is C12H13Cl2NO2. The fourth-order valence-electron chi connectivity index (χ4n) is 1.92. The Morgan fingerprint density at radius 3 is 2.82 bits per heavy atom. The van der Waals surface area contributed by atoms with Crippen LogP contribution in [-0.2, 0) is 4.74 Å². The first-order valence-corrected chi connectivity index (χ1v) is 6.04. The zero-order valence-corrected chi connectivity index (χ0v) is 11.1. The van der Waals surface area contributed by atoms with Gasteiger partial charge in [-0.05, 0) is 23.8 Å². The fourth-order valence-corrected chi connectivity index (χ4v) is 2.33. The summed E-state index contributed by atoms with van der Waals surface area (Å²) in [5.74, 6) is 0. The smallest absolute Gasteiger partial charge is 0.407 e. The SMILES string of the molecule is CC1(C)COC(=O)N[C@H]1c1cc(Cl)ccc1Cl. The van der Waals surface area contributed by atoms with Crippen molar-refractivity contribution in [2.24, 2.45) is 5.41 Å². The predicted octanol–water partition coefficient (Wildman–Crippen LogP) is 3.80. The molecule has 0 radical (unpaired) electrons. The van der Waals surface area contributed by atoms with Crippen molar-refractivity contribution in [2.45, 2.75) is 19.9 Å². The van der Waals surface area contributed by atoms with Crippen LogP contribution in [-0.4, -0.2) is 12.7 Å². The Morgan fingerprint density at radius 1 is 1.41 bits per heavy atom. The van der Waals surface area contributed by atoms with Gasteiger partial charge in [0.05, 0.1) is 6.04 Å². The van der Waals surface area contributed by atoms with E-state index in [2.05, 4.69) is 5.32 Å². The third kappa shape index (κ3) is 2.50. The van der Waals surface area contributed by atoms with Crippen molar-refractivity contribution < 1.29 is 9.53 Å². The largest absolute Gasteiger partial charge is 0.449 e. The third-order valence-electron chi connectivity index (χ3n) is 2.89. The van der Waals surface area contributed by atoms with Crippen LogP contribution in [0, 0.1) is 5.41 Å². The summed E-state index contributed by atoms with van der Waals surface area (Å²) < 4.78 is 4.99. The molecule has 0 saturated carbocycles. The summed E-state index contributed by atoms with van der Waals surface area (Å²) in [6.07, 6.45) is -0.426. The van der Waals surface area contributed by atoms with Gasteiger partial charge in [0.1, 0.15) is 6.61 Å². The number of rotatable bonds is 1. The van der Waals surface area contributed by atoms with Crippen molar-refractivity contribution >= 4 is 29.3 Å². The minimum absolute atomic E-state index is 0.199. The summed E-state index contributed by atoms with van der Waals surface area (Å²) in [4.78, 5) is 11.3. The molecule has 1 aromatic carbocycles. The molecule has 0 unspecified atom stereocenters. The molecule has 2 rings (SSSR count). The van der Waals surface area contributed by atoms with Gasteiger partial charge in [0.25, 0.3) is 0 Å². The molecule has 1 fully saturated rings. The van der Waals surface area contributed by atoms with Crippen LogP contribution < -0.4 is 5.32 Å². The van der Waals surface area contributed by atoms with E-state index in [1.54, 1.807) is 18.2 Å². The number of amides is 1. The topological polar surface area (TPSA) is 38.3 Å². The second-order valence-corrected chi connectivity index (χ2v) is 5.65. The van der Waals surface area contributed by atoms with Crippen molar-refractivity contribution in [3.63, 3.8) is 0 Å². The van der Waals surface area contributed by atoms with E-state index in [-0.39, 0.29) is 11.5 Å². The average Bonchev–Trinajstić information content (AvgIpc) is 2.26. The highest BCUT2D eigenvalue weighted by Gasteiger charge is 2.38. The van der Waals surface area contributed by atoms with Crippen molar-refractivity contribution in [1.29, 1.82) is 0 Å². The molecule has 1 saturated heterocycles. The maximum absolute atomic E-state index is 11.3. The van der Waals surface area contributed by atoms with Crippen LogP contribution >= 0.6 is 23.2 Å². The van der Waals surface area contributed by atoms with Crippen LogP contribution in [0.2, 0.25) is 10.0 Å². The van der Waals surface area contributed by atoms with E-state index >= 15 is 0 Å². The van der Waals surface area contributed by atoms with Crippen LogP contribution in [0.15, 0.2) is 18.2 Å². The van der Waals surface area contributed by atoms with Crippen LogP contribution in [0.1, 0.15) is 25.5 Å². The molecule has 1 aromatic rings. The normalized spacial score (nSPS) is 22.8. The summed E-state index contributed by atoms with van der Waals surface area (Å²) >= 11 is 12.1. The van der Waals surface area contributed by atoms with Crippen molar-refractivity contribution in [3.8, 4) is 0 Å². The molecule has 5 heteroatoms. The van der Waals surface area contributed by atoms with E-state index < -0.39 is 6.09 Å². The number of cyclic esters (lactones) is 1. The van der Waals surface area contributed by atoms with Crippen LogP contribution in [0.5, 0.6) is 0 Å². The number of carbonyl (C=O) groups excluding carboxylic acids is 1. The molecule has 92 valence electrons. The van der Waals surface area contributed by atoms with Crippen LogP contribution in [0.25, 0.3) is 0 Å². The molecule has 3 nitrogen and oxygen atoms in total. The van der Waals surface area contributed by atoms with Gasteiger partial charge >= 0.3 is 6.09 Å². The number of nitrogens with one attached hydrogen (secondary N) is 1. The number of benzene rings is 1. The Morgan fingerprint density at radius 2 is 2.12 bits per heavy atom. The lowest BCUT2D eigenvalue weighted by Gasteiger charge is -2.38. The molecule has 0 aliphatic carbocycles. The van der Waals surface area contributed by atoms with E-state index in [1.165, 1.54) is 0 Å². The highest BCUT2D eigenvalue weighted by Crippen LogP contribution is 2.40. The summed E-state index contributed by atoms with van der Waals surface area (Å²) in [5, 5.41) is 3.98. The van der Waals surface area contributed by atoms with Gasteiger partial charge in [-0.1, -0.05) is 37.0 Å². The van der Waals surface area contributed by atoms with Gasteiger partial charge in [-0.25, -0.2) is 4.79 Å². The molecule has 0 aromatic heterocycles. The van der Waals surface area contributed by atoms with E-state index in [4.69, 9.17) is 27.9 Å². The van der Waals surface area contributed by atoms with Crippen molar-refractivity contribution in [1.82, 2.24) is 5.32 Å². The van der Waals surface area contributed by atoms with Gasteiger partial charge in [-0.3, -0.25) is 0 Å². The molecule has 1 heterocycles. The summed E-state index contributed by atoms with van der Waals surface area (Å²) in [6, 6.07) is 5.04. The van der Waals surface area contributed by atoms with Crippen LogP contribution in [0.3, 0.4) is 0 Å². The first-order chi connectivity index (χ1) is 7.90. The molecule has 0 bridgehead atoms. The summed E-state index contributed by atoms with van der Waals surface area (Å²) in [6.45, 7) is 4.37. The lowest BCUT2D eigenvalue weighted by Crippen LogP contribution is -2.47. The van der Waals surface area contributed by atoms with Gasteiger partial charge in [-0.2, -0.15) is 0 Å². The van der Waals surface area contributed by atoms with Gasteiger partial charge in [-0.15, -0.1) is 0 Å². The zero-order chi connectivity index (χ0) is 12.6. The molecule has 1 N–H and O–H groups in total. The Labute approximate surface area is 110 Å². The van der Waals surface area contributed by atoms with E-state index in [1.807, 2.05) is 13.8 Å². The van der Waals surface area contributed by atoms with Gasteiger partial charge in [0.15, 0.2) is 0 Å². The predicted molar refractivity (Wildman–Crippen MR) is 67.5 cm³/mol. The maximum Gasteiger partial charge on any atom is 0.407 e. The number of carbonyl (C=O) groups is 1. The highest BCUT2D eigenvalue weighted by atomic mass is 35.5. The number of hydrogen-bond donors (Lipinski definition) is 1. The lowest BCUT2D eigenvalue weighted by atomic mass is 9.80. The average molecular weight is 274 g/mol. The second-order valence-electron chi connectivity index (χ2n) is 4.81. The summed E-state index contributed by atoms with van der Waals surface area (Å²) in [7, 11) is 0. The zero-order valence-electron chi connectivity index (χ0n) is 9.59. The third-order valence-corrected chi connectivity index (χ3v) is 3.47. The first kappa shape index (κ1) is 12.5. The highest BCUT2D eigenvalue weighted by molar-refractivity contribution is 6.33. The minimum Gasteiger partial charge on any atom is -0.449 e. The number of ether oxygens (including phenoxy) is 1. The minimum atomic E-state index is -0.426. The quantitative estimate of drug-likeness (QED) is 0.845. The first-order valence-electron chi connectivity index (χ1n) is 5.28. The van der Waals surface area contributed by atoms with Crippen molar-refractivity contribution in [3.05, 3.63) is 33.8 Å². The van der Waals surface area contributed by atoms with Crippen molar-refractivity contribution in [2.75, 3.05) is 6.61 Å². The second kappa shape index (κ2) is 4.39. The van der Waals surface area contributed by atoms with E-state index in [0.717, 1.165) is 5.56 Å². The Balaban J connectivity index is 2.42. The maximum atomic E-state index is 11.3. The Kier molecular flexibility index (Phi) is 3.23. The van der Waals surface area contributed by atoms with Crippen LogP contribution in [0.4, 0.5) is 4.79 Å². The monoisotopic (exact) mass is 273 g/mol. The van der Waals surface area contributed by atoms with Gasteiger partial charge < -0.3 is 10.1 Å². The standard InChI is InChI=1S/C12H13Cl2NO2/c1-12(2)6-17-11(16)15-10(12)8-5-7(13)3-4-9(8)14/h3-5,10H,6H2,1-2H3,(H,15,16)/t10-/m0/s1. The molecule has 17 heavy (non-hydrogen) atoms. The van der Waals surface area contributed by atoms with E-state index in [0.29, 0.717) is 16.7 Å². The lowest BCUT2D eigenvalue weighted by molar-refractivity contribution is 0.0388. The fraction of sp³-hybridized carbons (Fsp3) is 0.417. The molecule has 1 atom stereocenters. The molecule has 1 aliphatic rings. The Bertz CT molecular complexity index is 460. The molecule has 0 spiro atoms. The number of halogens is 2. The number of hydrogen-bond acceptors (Lipinski definition) is 2. The number of alkyl carbamates (subject to hydrolysis) is 1. The molecule has 1 amide bonds. The van der Waals surface area contributed by atoms with Gasteiger partial charge in [0, 0.05) is 15.5 Å². The summed E-state index contributed by atoms with van der Waals surface area (Å²) in [5.41, 5.74) is 0.586. The molecular weight excluding hydrogens is 261 g/mol. The van der Waals surface area contributed by atoms with E-state index in [9.17, 15) is 4.79 Å².